The van der Waals surface area contributed by atoms with Crippen molar-refractivity contribution >= 4 is 11.7 Å². The Labute approximate surface area is 187 Å². The molecule has 1 N–H and O–H groups in total. The Morgan fingerprint density at radius 2 is 2.03 bits per heavy atom. The lowest BCUT2D eigenvalue weighted by molar-refractivity contribution is -0.141. The normalized spacial score (nSPS) is 15.9. The molecule has 0 spiro atoms. The fourth-order valence-corrected chi connectivity index (χ4v) is 3.62. The number of rotatable bonds is 4. The van der Waals surface area contributed by atoms with Gasteiger partial charge in [-0.05, 0) is 37.6 Å². The van der Waals surface area contributed by atoms with E-state index in [0.717, 1.165) is 18.0 Å². The fourth-order valence-electron chi connectivity index (χ4n) is 3.62. The molecule has 1 unspecified atom stereocenters. The van der Waals surface area contributed by atoms with Crippen molar-refractivity contribution in [2.45, 2.75) is 32.5 Å². The Balaban J connectivity index is 1.45. The van der Waals surface area contributed by atoms with Crippen molar-refractivity contribution < 1.29 is 18.0 Å². The van der Waals surface area contributed by atoms with Crippen LogP contribution in [0.1, 0.15) is 28.7 Å². The van der Waals surface area contributed by atoms with Crippen LogP contribution in [0.4, 0.5) is 13.2 Å². The Hall–Kier alpha value is -3.89. The summed E-state index contributed by atoms with van der Waals surface area (Å²) >= 11 is 0. The van der Waals surface area contributed by atoms with E-state index in [-0.39, 0.29) is 18.4 Å². The van der Waals surface area contributed by atoms with Gasteiger partial charge in [-0.25, -0.2) is 0 Å². The van der Waals surface area contributed by atoms with Crippen LogP contribution >= 0.6 is 0 Å². The number of aryl methyl sites for hydroxylation is 1. The zero-order chi connectivity index (χ0) is 23.6. The van der Waals surface area contributed by atoms with Gasteiger partial charge in [-0.15, -0.1) is 0 Å². The number of hydrogen-bond acceptors (Lipinski definition) is 6. The molecule has 0 fully saturated rings. The summed E-state index contributed by atoms with van der Waals surface area (Å²) in [5.74, 6) is 0.0601. The lowest BCUT2D eigenvalue weighted by Crippen LogP contribution is -2.34. The summed E-state index contributed by atoms with van der Waals surface area (Å²) in [6.45, 7) is 3.72. The second kappa shape index (κ2) is 8.93. The summed E-state index contributed by atoms with van der Waals surface area (Å²) in [6, 6.07) is 2.47. The van der Waals surface area contributed by atoms with Gasteiger partial charge in [0.2, 0.25) is 5.91 Å². The fraction of sp³-hybridized carbons (Fsp3) is 0.273. The summed E-state index contributed by atoms with van der Waals surface area (Å²) in [4.78, 5) is 28.6. The van der Waals surface area contributed by atoms with E-state index in [1.165, 1.54) is 10.7 Å². The molecular formula is C22H20F3N7O. The largest absolute Gasteiger partial charge is 0.433 e. The number of nitrogens with zero attached hydrogens (tertiary/aromatic N) is 6. The first kappa shape index (κ1) is 22.3. The van der Waals surface area contributed by atoms with Crippen LogP contribution in [0.2, 0.25) is 0 Å². The molecule has 4 rings (SSSR count). The zero-order valence-electron chi connectivity index (χ0n) is 17.8. The molecule has 0 bridgehead atoms. The third kappa shape index (κ3) is 4.97. The Morgan fingerprint density at radius 3 is 2.70 bits per heavy atom. The topological polar surface area (TPSA) is 98.0 Å². The Bertz CT molecular complexity index is 1230. The summed E-state index contributed by atoms with van der Waals surface area (Å²) in [7, 11) is 0. The standard InChI is InChI=1S/C22H20F3N7O/c1-13-21(15-5-6-28-18(9-15)22(23,24)25)14(2)32(31-13)12-20(33)30-19-4-3-16(10-29-19)17-11-26-7-8-27-17/h3-9,11,16H,10,12H2,1-2H3,(H,29,30,33). The minimum Gasteiger partial charge on any atom is -0.309 e. The lowest BCUT2D eigenvalue weighted by Gasteiger charge is -2.15. The molecule has 0 radical (unpaired) electrons. The second-order valence-corrected chi connectivity index (χ2v) is 7.50. The van der Waals surface area contributed by atoms with Crippen molar-refractivity contribution in [3.63, 3.8) is 0 Å². The minimum absolute atomic E-state index is 0.0140. The maximum Gasteiger partial charge on any atom is 0.433 e. The highest BCUT2D eigenvalue weighted by Gasteiger charge is 2.33. The molecule has 4 heterocycles. The number of aromatic nitrogens is 5. The van der Waals surface area contributed by atoms with E-state index in [1.807, 2.05) is 6.08 Å². The van der Waals surface area contributed by atoms with E-state index < -0.39 is 11.9 Å². The second-order valence-electron chi connectivity index (χ2n) is 7.50. The number of dihydropyridines is 1. The minimum atomic E-state index is -4.55. The van der Waals surface area contributed by atoms with E-state index in [9.17, 15) is 18.0 Å². The van der Waals surface area contributed by atoms with Crippen molar-refractivity contribution in [3.05, 3.63) is 71.8 Å². The van der Waals surface area contributed by atoms with Crippen LogP contribution in [0.5, 0.6) is 0 Å². The number of nitrogens with one attached hydrogen (secondary N) is 1. The highest BCUT2D eigenvalue weighted by Crippen LogP contribution is 2.32. The van der Waals surface area contributed by atoms with Crippen molar-refractivity contribution in [1.82, 2.24) is 30.0 Å². The molecule has 3 aromatic heterocycles. The van der Waals surface area contributed by atoms with Crippen LogP contribution in [0, 0.1) is 13.8 Å². The summed E-state index contributed by atoms with van der Waals surface area (Å²) < 4.78 is 40.6. The van der Waals surface area contributed by atoms with Gasteiger partial charge in [-0.2, -0.15) is 18.3 Å². The Kier molecular flexibility index (Phi) is 6.03. The monoisotopic (exact) mass is 455 g/mol. The van der Waals surface area contributed by atoms with Gasteiger partial charge in [0.25, 0.3) is 0 Å². The predicted octanol–water partition coefficient (Wildman–Crippen LogP) is 3.24. The molecule has 0 saturated carbocycles. The van der Waals surface area contributed by atoms with E-state index in [2.05, 4.69) is 30.4 Å². The predicted molar refractivity (Wildman–Crippen MR) is 114 cm³/mol. The number of pyridine rings is 1. The first-order valence-corrected chi connectivity index (χ1v) is 10.1. The van der Waals surface area contributed by atoms with Gasteiger partial charge in [-0.1, -0.05) is 6.08 Å². The lowest BCUT2D eigenvalue weighted by atomic mass is 10.0. The number of amides is 1. The van der Waals surface area contributed by atoms with E-state index in [4.69, 9.17) is 0 Å². The van der Waals surface area contributed by atoms with Crippen molar-refractivity contribution in [1.29, 1.82) is 0 Å². The van der Waals surface area contributed by atoms with Gasteiger partial charge in [-0.3, -0.25) is 29.4 Å². The van der Waals surface area contributed by atoms with Crippen LogP contribution in [0.25, 0.3) is 11.1 Å². The van der Waals surface area contributed by atoms with E-state index in [0.29, 0.717) is 34.9 Å². The van der Waals surface area contributed by atoms with Gasteiger partial charge in [0.1, 0.15) is 18.1 Å². The van der Waals surface area contributed by atoms with Gasteiger partial charge in [0.15, 0.2) is 0 Å². The quantitative estimate of drug-likeness (QED) is 0.651. The summed E-state index contributed by atoms with van der Waals surface area (Å²) in [5.41, 5.74) is 1.78. The number of hydrogen-bond donors (Lipinski definition) is 1. The smallest absolute Gasteiger partial charge is 0.309 e. The average molecular weight is 455 g/mol. The van der Waals surface area contributed by atoms with Crippen LogP contribution in [-0.4, -0.2) is 43.0 Å². The number of carbonyl (C=O) groups is 1. The van der Waals surface area contributed by atoms with Crippen molar-refractivity contribution in [3.8, 4) is 11.1 Å². The van der Waals surface area contributed by atoms with Crippen molar-refractivity contribution in [2.24, 2.45) is 4.99 Å². The zero-order valence-corrected chi connectivity index (χ0v) is 17.8. The molecule has 11 heteroatoms. The van der Waals surface area contributed by atoms with Gasteiger partial charge >= 0.3 is 6.18 Å². The molecule has 170 valence electrons. The van der Waals surface area contributed by atoms with Crippen LogP contribution in [0.3, 0.4) is 0 Å². The summed E-state index contributed by atoms with van der Waals surface area (Å²) in [6.07, 6.45) is 5.06. The first-order chi connectivity index (χ1) is 15.7. The van der Waals surface area contributed by atoms with Gasteiger partial charge in [0.05, 0.1) is 17.9 Å². The molecule has 0 saturated heterocycles. The maximum atomic E-state index is 13.0. The van der Waals surface area contributed by atoms with Gasteiger partial charge < -0.3 is 5.32 Å². The first-order valence-electron chi connectivity index (χ1n) is 10.1. The van der Waals surface area contributed by atoms with Crippen LogP contribution in [-0.2, 0) is 17.5 Å². The third-order valence-electron chi connectivity index (χ3n) is 5.19. The number of carbonyl (C=O) groups excluding carboxylic acids is 1. The summed E-state index contributed by atoms with van der Waals surface area (Å²) in [5, 5.41) is 7.08. The number of amidine groups is 1. The van der Waals surface area contributed by atoms with Crippen LogP contribution < -0.4 is 5.32 Å². The molecule has 0 aliphatic carbocycles. The third-order valence-corrected chi connectivity index (χ3v) is 5.19. The SMILES string of the molecule is Cc1nn(CC(=O)NC2=NCC(c3cnccn3)C=C2)c(C)c1-c1ccnc(C(F)(F)F)c1. The highest BCUT2D eigenvalue weighted by atomic mass is 19.4. The number of alkyl halides is 3. The molecule has 0 aromatic carbocycles. The molecule has 8 nitrogen and oxygen atoms in total. The molecule has 1 aliphatic heterocycles. The molecule has 3 aromatic rings. The maximum absolute atomic E-state index is 13.0. The van der Waals surface area contributed by atoms with Crippen LogP contribution in [0.15, 0.2) is 54.1 Å². The molecule has 33 heavy (non-hydrogen) atoms. The number of aliphatic imine (C=N–C) groups is 1. The van der Waals surface area contributed by atoms with Gasteiger partial charge in [0, 0.05) is 42.0 Å². The molecule has 1 aliphatic rings. The average Bonchev–Trinajstić information content (AvgIpc) is 3.07. The van der Waals surface area contributed by atoms with E-state index >= 15 is 0 Å². The number of halogens is 3. The molecular weight excluding hydrogens is 435 g/mol. The highest BCUT2D eigenvalue weighted by molar-refractivity contribution is 6.04. The molecule has 1 amide bonds. The van der Waals surface area contributed by atoms with E-state index in [1.54, 1.807) is 38.5 Å². The van der Waals surface area contributed by atoms with Crippen molar-refractivity contribution in [2.75, 3.05) is 6.54 Å². The Morgan fingerprint density at radius 1 is 1.21 bits per heavy atom. The molecule has 1 atom stereocenters.